The minimum atomic E-state index is -0.0601. The number of methoxy groups -OCH3 is 2. The molecule has 1 rings (SSSR count). The van der Waals surface area contributed by atoms with Gasteiger partial charge in [0, 0.05) is 7.11 Å². The molecule has 0 amide bonds. The van der Waals surface area contributed by atoms with E-state index in [4.69, 9.17) is 9.47 Å². The van der Waals surface area contributed by atoms with Gasteiger partial charge in [-0.05, 0) is 24.2 Å². The Morgan fingerprint density at radius 3 is 2.71 bits per heavy atom. The Labute approximate surface area is 85.0 Å². The van der Waals surface area contributed by atoms with Crippen LogP contribution in [0.5, 0.6) is 5.75 Å². The summed E-state index contributed by atoms with van der Waals surface area (Å²) in [4.78, 5) is 0. The summed E-state index contributed by atoms with van der Waals surface area (Å²) in [6.07, 6.45) is -0.0601. The van der Waals surface area contributed by atoms with Crippen LogP contribution in [0.1, 0.15) is 18.7 Å². The molecule has 1 atom stereocenters. The highest BCUT2D eigenvalue weighted by Gasteiger charge is 2.08. The van der Waals surface area contributed by atoms with Gasteiger partial charge in [-0.3, -0.25) is 5.32 Å². The van der Waals surface area contributed by atoms with Crippen molar-refractivity contribution in [1.82, 2.24) is 5.32 Å². The fraction of sp³-hybridized carbons (Fsp3) is 0.455. The van der Waals surface area contributed by atoms with Crippen molar-refractivity contribution < 1.29 is 9.47 Å². The largest absolute Gasteiger partial charge is 0.497 e. The predicted octanol–water partition coefficient (Wildman–Crippen LogP) is 1.95. The third kappa shape index (κ3) is 2.72. The topological polar surface area (TPSA) is 30.5 Å². The molecule has 0 aliphatic rings. The zero-order valence-electron chi connectivity index (χ0n) is 8.91. The van der Waals surface area contributed by atoms with Gasteiger partial charge in [0.2, 0.25) is 0 Å². The molecule has 1 aromatic rings. The Hall–Kier alpha value is -1.06. The third-order valence-electron chi connectivity index (χ3n) is 2.02. The van der Waals surface area contributed by atoms with Gasteiger partial charge < -0.3 is 9.47 Å². The van der Waals surface area contributed by atoms with Crippen molar-refractivity contribution in [2.75, 3.05) is 20.8 Å². The summed E-state index contributed by atoms with van der Waals surface area (Å²) in [6.45, 7) is 2.92. The second-order valence-corrected chi connectivity index (χ2v) is 2.95. The van der Waals surface area contributed by atoms with E-state index in [2.05, 4.69) is 5.32 Å². The number of rotatable bonds is 5. The molecular formula is C11H17NO2. The summed E-state index contributed by atoms with van der Waals surface area (Å²) < 4.78 is 10.5. The monoisotopic (exact) mass is 195 g/mol. The quantitative estimate of drug-likeness (QED) is 0.728. The van der Waals surface area contributed by atoms with Crippen LogP contribution in [0, 0.1) is 0 Å². The average molecular weight is 195 g/mol. The minimum absolute atomic E-state index is 0.0601. The predicted molar refractivity (Wildman–Crippen MR) is 56.4 cm³/mol. The highest BCUT2D eigenvalue weighted by atomic mass is 16.5. The fourth-order valence-corrected chi connectivity index (χ4v) is 1.33. The zero-order valence-corrected chi connectivity index (χ0v) is 8.91. The Morgan fingerprint density at radius 2 is 2.14 bits per heavy atom. The Balaban J connectivity index is 2.80. The van der Waals surface area contributed by atoms with Gasteiger partial charge in [-0.1, -0.05) is 19.1 Å². The van der Waals surface area contributed by atoms with Crippen molar-refractivity contribution in [2.45, 2.75) is 13.2 Å². The molecule has 0 spiro atoms. The van der Waals surface area contributed by atoms with Crippen molar-refractivity contribution in [1.29, 1.82) is 0 Å². The second kappa shape index (κ2) is 5.62. The molecule has 0 fully saturated rings. The Kier molecular flexibility index (Phi) is 4.43. The van der Waals surface area contributed by atoms with Crippen LogP contribution < -0.4 is 10.1 Å². The van der Waals surface area contributed by atoms with Crippen LogP contribution in [0.25, 0.3) is 0 Å². The van der Waals surface area contributed by atoms with E-state index in [-0.39, 0.29) is 6.23 Å². The first-order chi connectivity index (χ1) is 6.81. The van der Waals surface area contributed by atoms with Gasteiger partial charge in [-0.25, -0.2) is 0 Å². The standard InChI is InChI=1S/C11H17NO2/c1-4-12-11(14-3)9-6-5-7-10(8-9)13-2/h5-8,11-12H,4H2,1-3H3. The normalized spacial score (nSPS) is 12.5. The molecule has 1 N–H and O–H groups in total. The first-order valence-electron chi connectivity index (χ1n) is 4.72. The second-order valence-electron chi connectivity index (χ2n) is 2.95. The summed E-state index contributed by atoms with van der Waals surface area (Å²) in [5.41, 5.74) is 1.08. The van der Waals surface area contributed by atoms with Crippen LogP contribution in [0.4, 0.5) is 0 Å². The Morgan fingerprint density at radius 1 is 1.36 bits per heavy atom. The van der Waals surface area contributed by atoms with E-state index in [9.17, 15) is 0 Å². The lowest BCUT2D eigenvalue weighted by Crippen LogP contribution is -2.22. The van der Waals surface area contributed by atoms with Gasteiger partial charge in [0.15, 0.2) is 0 Å². The van der Waals surface area contributed by atoms with E-state index in [1.165, 1.54) is 0 Å². The summed E-state index contributed by atoms with van der Waals surface area (Å²) in [5, 5.41) is 3.22. The number of benzene rings is 1. The van der Waals surface area contributed by atoms with Crippen LogP contribution in [0.2, 0.25) is 0 Å². The van der Waals surface area contributed by atoms with Crippen LogP contribution in [-0.4, -0.2) is 20.8 Å². The van der Waals surface area contributed by atoms with E-state index in [0.717, 1.165) is 17.9 Å². The van der Waals surface area contributed by atoms with Gasteiger partial charge in [0.1, 0.15) is 12.0 Å². The van der Waals surface area contributed by atoms with Crippen LogP contribution in [0.3, 0.4) is 0 Å². The molecule has 0 aromatic heterocycles. The van der Waals surface area contributed by atoms with Crippen LogP contribution >= 0.6 is 0 Å². The maximum atomic E-state index is 5.31. The smallest absolute Gasteiger partial charge is 0.134 e. The van der Waals surface area contributed by atoms with Gasteiger partial charge in [0.05, 0.1) is 7.11 Å². The minimum Gasteiger partial charge on any atom is -0.497 e. The molecule has 0 aliphatic carbocycles. The van der Waals surface area contributed by atoms with E-state index in [1.807, 2.05) is 31.2 Å². The van der Waals surface area contributed by atoms with Gasteiger partial charge in [-0.2, -0.15) is 0 Å². The SMILES string of the molecule is CCNC(OC)c1cccc(OC)c1. The van der Waals surface area contributed by atoms with Crippen LogP contribution in [-0.2, 0) is 4.74 Å². The van der Waals surface area contributed by atoms with E-state index in [1.54, 1.807) is 14.2 Å². The lowest BCUT2D eigenvalue weighted by Gasteiger charge is -2.16. The van der Waals surface area contributed by atoms with Gasteiger partial charge in [-0.15, -0.1) is 0 Å². The molecule has 0 heterocycles. The molecule has 1 unspecified atom stereocenters. The summed E-state index contributed by atoms with van der Waals surface area (Å²) >= 11 is 0. The van der Waals surface area contributed by atoms with Crippen molar-refractivity contribution in [2.24, 2.45) is 0 Å². The molecular weight excluding hydrogens is 178 g/mol. The molecule has 3 nitrogen and oxygen atoms in total. The van der Waals surface area contributed by atoms with Crippen molar-refractivity contribution >= 4 is 0 Å². The van der Waals surface area contributed by atoms with Crippen molar-refractivity contribution in [3.05, 3.63) is 29.8 Å². The molecule has 0 saturated carbocycles. The molecule has 0 aliphatic heterocycles. The number of ether oxygens (including phenoxy) is 2. The highest BCUT2D eigenvalue weighted by Crippen LogP contribution is 2.19. The van der Waals surface area contributed by atoms with E-state index >= 15 is 0 Å². The number of hydrogen-bond acceptors (Lipinski definition) is 3. The maximum absolute atomic E-state index is 5.31. The van der Waals surface area contributed by atoms with Crippen LogP contribution in [0.15, 0.2) is 24.3 Å². The summed E-state index contributed by atoms with van der Waals surface area (Å²) in [5.74, 6) is 0.849. The van der Waals surface area contributed by atoms with Gasteiger partial charge in [0.25, 0.3) is 0 Å². The van der Waals surface area contributed by atoms with Gasteiger partial charge >= 0.3 is 0 Å². The lowest BCUT2D eigenvalue weighted by atomic mass is 10.2. The molecule has 1 aromatic carbocycles. The molecule has 0 radical (unpaired) electrons. The molecule has 0 bridgehead atoms. The van der Waals surface area contributed by atoms with Crippen molar-refractivity contribution in [3.63, 3.8) is 0 Å². The first kappa shape index (κ1) is 11.0. The summed E-state index contributed by atoms with van der Waals surface area (Å²) in [7, 11) is 3.35. The molecule has 0 saturated heterocycles. The summed E-state index contributed by atoms with van der Waals surface area (Å²) in [6, 6.07) is 7.86. The molecule has 78 valence electrons. The maximum Gasteiger partial charge on any atom is 0.134 e. The molecule has 3 heteroatoms. The third-order valence-corrected chi connectivity index (χ3v) is 2.02. The average Bonchev–Trinajstić information content (AvgIpc) is 2.26. The number of hydrogen-bond donors (Lipinski definition) is 1. The first-order valence-corrected chi connectivity index (χ1v) is 4.72. The zero-order chi connectivity index (χ0) is 10.4. The Bertz CT molecular complexity index is 276. The van der Waals surface area contributed by atoms with E-state index < -0.39 is 0 Å². The number of nitrogens with one attached hydrogen (secondary N) is 1. The van der Waals surface area contributed by atoms with E-state index in [0.29, 0.717) is 0 Å². The fourth-order valence-electron chi connectivity index (χ4n) is 1.33. The van der Waals surface area contributed by atoms with Crippen molar-refractivity contribution in [3.8, 4) is 5.75 Å². The lowest BCUT2D eigenvalue weighted by molar-refractivity contribution is 0.0753. The highest BCUT2D eigenvalue weighted by molar-refractivity contribution is 5.29. The molecule has 14 heavy (non-hydrogen) atoms.